The predicted molar refractivity (Wildman–Crippen MR) is 242 cm³/mol. The molecule has 0 bridgehead atoms. The Labute approximate surface area is 338 Å². The van der Waals surface area contributed by atoms with Gasteiger partial charge in [0, 0.05) is 7.05 Å². The number of fused-ring (bicyclic) bond motifs is 1. The molecule has 0 radical (unpaired) electrons. The first kappa shape index (κ1) is 41.4. The van der Waals surface area contributed by atoms with Crippen LogP contribution in [0.15, 0.2) is 49.6 Å². The van der Waals surface area contributed by atoms with Gasteiger partial charge < -0.3 is 4.57 Å². The molecule has 0 aromatic carbocycles. The summed E-state index contributed by atoms with van der Waals surface area (Å²) in [6.07, 6.45) is 23.7. The zero-order valence-electron chi connectivity index (χ0n) is 31.2. The molecule has 0 atom stereocenters. The van der Waals surface area contributed by atoms with Crippen molar-refractivity contribution in [1.29, 1.82) is 0 Å². The maximum absolute atomic E-state index is 2.55. The SMILES string of the molecule is CCCCCCSC1=C(SCCCCCC)SC(=C2Sc3c(c(-c4cc(CCCCCC)cs4)n(C)c3-c3cc(CCCCCC)cs3)S2)S1. The van der Waals surface area contributed by atoms with Gasteiger partial charge in [0.05, 0.1) is 47.9 Å². The van der Waals surface area contributed by atoms with Crippen LogP contribution in [0, 0.1) is 0 Å². The normalized spacial score (nSPS) is 14.6. The Morgan fingerprint density at radius 2 is 0.900 bits per heavy atom. The highest BCUT2D eigenvalue weighted by atomic mass is 32.3. The monoisotopic (exact) mass is 821 g/mol. The second kappa shape index (κ2) is 22.6. The second-order valence-corrected chi connectivity index (χ2v) is 22.7. The summed E-state index contributed by atoms with van der Waals surface area (Å²) in [5.41, 5.74) is 5.90. The number of rotatable bonds is 24. The largest absolute Gasteiger partial charge is 0.340 e. The van der Waals surface area contributed by atoms with Crippen LogP contribution in [0.25, 0.3) is 21.1 Å². The van der Waals surface area contributed by atoms with E-state index >= 15 is 0 Å². The summed E-state index contributed by atoms with van der Waals surface area (Å²) in [5, 5.41) is 4.87. The molecule has 5 heterocycles. The Morgan fingerprint density at radius 3 is 1.32 bits per heavy atom. The lowest BCUT2D eigenvalue weighted by atomic mass is 10.1. The van der Waals surface area contributed by atoms with E-state index in [-0.39, 0.29) is 0 Å². The molecule has 3 aromatic heterocycles. The number of nitrogens with zero attached hydrogens (tertiary/aromatic N) is 1. The van der Waals surface area contributed by atoms with E-state index in [0.29, 0.717) is 0 Å². The first-order valence-corrected chi connectivity index (χ1v) is 26.4. The lowest BCUT2D eigenvalue weighted by Crippen LogP contribution is -1.94. The molecule has 3 aromatic rings. The molecule has 276 valence electrons. The standard InChI is InChI=1S/C41H59NS8/c1-6-10-14-18-22-30-26-32(45-28-30)34-36-37(35(42(34)5)33-27-31(29-46-33)23-19-15-11-7-2)48-40(47-36)41-49-38(43-24-20-16-12-8-3)39(50-41)44-25-21-17-13-9-4/h26-29H,6-25H2,1-5H3. The average Bonchev–Trinajstić information content (AvgIpc) is 3.95. The first-order valence-electron chi connectivity index (χ1n) is 19.4. The van der Waals surface area contributed by atoms with E-state index in [1.165, 1.54) is 178 Å². The lowest BCUT2D eigenvalue weighted by molar-refractivity contribution is 0.667. The molecule has 0 fully saturated rings. The molecule has 0 N–H and O–H groups in total. The fraction of sp³-hybridized carbons (Fsp3) is 0.610. The quantitative estimate of drug-likeness (QED) is 0.0824. The minimum atomic E-state index is 1.20. The van der Waals surface area contributed by atoms with E-state index < -0.39 is 0 Å². The Bertz CT molecular complexity index is 1430. The third kappa shape index (κ3) is 11.6. The lowest BCUT2D eigenvalue weighted by Gasteiger charge is -2.10. The van der Waals surface area contributed by atoms with E-state index in [2.05, 4.69) is 133 Å². The number of hydrogen-bond acceptors (Lipinski definition) is 8. The highest BCUT2D eigenvalue weighted by Gasteiger charge is 2.35. The van der Waals surface area contributed by atoms with Crippen LogP contribution in [0.2, 0.25) is 0 Å². The van der Waals surface area contributed by atoms with E-state index in [0.717, 1.165) is 0 Å². The van der Waals surface area contributed by atoms with Gasteiger partial charge in [-0.15, -0.1) is 46.2 Å². The van der Waals surface area contributed by atoms with Gasteiger partial charge in [-0.3, -0.25) is 0 Å². The number of unbranched alkanes of at least 4 members (excludes halogenated alkanes) is 12. The minimum Gasteiger partial charge on any atom is -0.340 e. The summed E-state index contributed by atoms with van der Waals surface area (Å²) in [5.74, 6) is 2.50. The van der Waals surface area contributed by atoms with E-state index in [1.54, 1.807) is 8.47 Å². The molecular weight excluding hydrogens is 763 g/mol. The molecule has 2 aliphatic rings. The van der Waals surface area contributed by atoms with Crippen LogP contribution in [0.5, 0.6) is 0 Å². The molecular formula is C41H59NS8. The zero-order chi connectivity index (χ0) is 35.1. The van der Waals surface area contributed by atoms with E-state index in [4.69, 9.17) is 0 Å². The van der Waals surface area contributed by atoms with Crippen molar-refractivity contribution in [2.45, 2.75) is 153 Å². The fourth-order valence-corrected chi connectivity index (χ4v) is 17.7. The molecule has 9 heteroatoms. The van der Waals surface area contributed by atoms with Crippen molar-refractivity contribution in [2.75, 3.05) is 11.5 Å². The van der Waals surface area contributed by atoms with Crippen molar-refractivity contribution < 1.29 is 0 Å². The molecule has 2 aliphatic heterocycles. The van der Waals surface area contributed by atoms with Crippen molar-refractivity contribution >= 4 is 93.2 Å². The number of thiophene rings is 2. The Kier molecular flexibility index (Phi) is 18.7. The molecule has 0 spiro atoms. The van der Waals surface area contributed by atoms with Gasteiger partial charge in [-0.1, -0.05) is 152 Å². The third-order valence-corrected chi connectivity index (χ3v) is 20.1. The first-order chi connectivity index (χ1) is 24.6. The van der Waals surface area contributed by atoms with Crippen molar-refractivity contribution in [2.24, 2.45) is 7.05 Å². The maximum Gasteiger partial charge on any atom is 0.0738 e. The zero-order valence-corrected chi connectivity index (χ0v) is 37.7. The highest BCUT2D eigenvalue weighted by molar-refractivity contribution is 8.42. The van der Waals surface area contributed by atoms with Gasteiger partial charge in [0.25, 0.3) is 0 Å². The van der Waals surface area contributed by atoms with Gasteiger partial charge in [0.15, 0.2) is 0 Å². The van der Waals surface area contributed by atoms with Gasteiger partial charge in [-0.05, 0) is 84.1 Å². The van der Waals surface area contributed by atoms with E-state index in [9.17, 15) is 0 Å². The molecule has 5 rings (SSSR count). The van der Waals surface area contributed by atoms with Crippen LogP contribution in [0.3, 0.4) is 0 Å². The van der Waals surface area contributed by atoms with Crippen molar-refractivity contribution in [3.8, 4) is 21.1 Å². The summed E-state index contributed by atoms with van der Waals surface area (Å²) in [6.45, 7) is 9.24. The van der Waals surface area contributed by atoms with Crippen LogP contribution in [-0.2, 0) is 19.9 Å². The number of aryl methyl sites for hydroxylation is 2. The fourth-order valence-electron chi connectivity index (χ4n) is 6.36. The van der Waals surface area contributed by atoms with Crippen LogP contribution < -0.4 is 0 Å². The average molecular weight is 822 g/mol. The van der Waals surface area contributed by atoms with E-state index in [1.807, 2.05) is 22.7 Å². The minimum absolute atomic E-state index is 1.20. The highest BCUT2D eigenvalue weighted by Crippen LogP contribution is 2.67. The summed E-state index contributed by atoms with van der Waals surface area (Å²) in [7, 11) is 2.33. The third-order valence-electron chi connectivity index (χ3n) is 9.28. The summed E-state index contributed by atoms with van der Waals surface area (Å²) >= 11 is 16.5. The van der Waals surface area contributed by atoms with Gasteiger partial charge in [0.1, 0.15) is 0 Å². The second-order valence-electron chi connectivity index (χ2n) is 13.6. The maximum atomic E-state index is 2.55. The Hall–Kier alpha value is 0.260. The van der Waals surface area contributed by atoms with Crippen molar-refractivity contribution in [1.82, 2.24) is 4.57 Å². The predicted octanol–water partition coefficient (Wildman–Crippen LogP) is 17.3. The summed E-state index contributed by atoms with van der Waals surface area (Å²) < 4.78 is 8.73. The van der Waals surface area contributed by atoms with Crippen LogP contribution in [0.1, 0.15) is 142 Å². The molecule has 50 heavy (non-hydrogen) atoms. The van der Waals surface area contributed by atoms with Gasteiger partial charge in [-0.25, -0.2) is 0 Å². The van der Waals surface area contributed by atoms with Crippen LogP contribution in [0.4, 0.5) is 0 Å². The number of aromatic nitrogens is 1. The Balaban J connectivity index is 1.40. The van der Waals surface area contributed by atoms with Crippen LogP contribution in [-0.4, -0.2) is 16.1 Å². The summed E-state index contributed by atoms with van der Waals surface area (Å²) in [4.78, 5) is 5.85. The van der Waals surface area contributed by atoms with Gasteiger partial charge in [0.2, 0.25) is 0 Å². The molecule has 0 amide bonds. The van der Waals surface area contributed by atoms with Crippen molar-refractivity contribution in [3.63, 3.8) is 0 Å². The number of hydrogen-bond donors (Lipinski definition) is 0. The Morgan fingerprint density at radius 1 is 0.500 bits per heavy atom. The molecule has 0 saturated carbocycles. The van der Waals surface area contributed by atoms with Crippen molar-refractivity contribution in [3.05, 3.63) is 51.0 Å². The molecule has 0 saturated heterocycles. The smallest absolute Gasteiger partial charge is 0.0738 e. The molecule has 1 nitrogen and oxygen atoms in total. The molecule has 0 unspecified atom stereocenters. The van der Waals surface area contributed by atoms with Gasteiger partial charge in [-0.2, -0.15) is 0 Å². The van der Waals surface area contributed by atoms with Crippen LogP contribution >= 0.6 is 93.2 Å². The van der Waals surface area contributed by atoms with Gasteiger partial charge >= 0.3 is 0 Å². The molecule has 0 aliphatic carbocycles. The summed E-state index contributed by atoms with van der Waals surface area (Å²) in [6, 6.07) is 5.03. The number of thioether (sulfide) groups is 6. The topological polar surface area (TPSA) is 4.93 Å².